The molecule has 0 saturated carbocycles. The van der Waals surface area contributed by atoms with Gasteiger partial charge in [-0.3, -0.25) is 4.79 Å². The molecule has 0 spiro atoms. The molecule has 2 heterocycles. The van der Waals surface area contributed by atoms with E-state index in [2.05, 4.69) is 29.3 Å². The van der Waals surface area contributed by atoms with Crippen LogP contribution in [0.5, 0.6) is 11.5 Å². The monoisotopic (exact) mass is 419 g/mol. The Morgan fingerprint density at radius 1 is 1.30 bits per heavy atom. The average molecular weight is 419 g/mol. The van der Waals surface area contributed by atoms with Gasteiger partial charge in [-0.05, 0) is 30.5 Å². The van der Waals surface area contributed by atoms with Crippen molar-refractivity contribution in [1.29, 1.82) is 0 Å². The number of aliphatic hydroxyl groups is 1. The molecule has 1 aromatic carbocycles. The van der Waals surface area contributed by atoms with Crippen LogP contribution in [0.1, 0.15) is 52.0 Å². The third-order valence-electron chi connectivity index (χ3n) is 5.02. The zero-order chi connectivity index (χ0) is 21.5. The molecule has 0 saturated heterocycles. The standard InChI is InChI=1S/C21H29N3O6/c1-4-6-18(26)27-11-15(25)10-22-19(13(3)5-2)21-23-20(24-30-21)14-7-8-16-17(9-14)29-12-28-16/h7-9,13,15,19,22,25H,4-6,10-12H2,1-3H3. The van der Waals surface area contributed by atoms with Gasteiger partial charge in [0.1, 0.15) is 12.7 Å². The van der Waals surface area contributed by atoms with E-state index in [9.17, 15) is 9.90 Å². The third-order valence-corrected chi connectivity index (χ3v) is 5.02. The average Bonchev–Trinajstić information content (AvgIpc) is 3.41. The Hall–Kier alpha value is -2.65. The van der Waals surface area contributed by atoms with Gasteiger partial charge in [0.15, 0.2) is 11.5 Å². The molecule has 3 atom stereocenters. The van der Waals surface area contributed by atoms with Crippen LogP contribution in [0.4, 0.5) is 0 Å². The molecular formula is C21H29N3O6. The fourth-order valence-electron chi connectivity index (χ4n) is 3.07. The predicted molar refractivity (Wildman–Crippen MR) is 108 cm³/mol. The maximum atomic E-state index is 11.5. The number of carbonyl (C=O) groups is 1. The third kappa shape index (κ3) is 5.48. The smallest absolute Gasteiger partial charge is 0.305 e. The van der Waals surface area contributed by atoms with E-state index in [-0.39, 0.29) is 37.9 Å². The van der Waals surface area contributed by atoms with Gasteiger partial charge in [0.05, 0.1) is 6.04 Å². The lowest BCUT2D eigenvalue weighted by Gasteiger charge is -2.22. The maximum absolute atomic E-state index is 11.5. The highest BCUT2D eigenvalue weighted by molar-refractivity contribution is 5.69. The van der Waals surface area contributed by atoms with E-state index in [1.165, 1.54) is 0 Å². The summed E-state index contributed by atoms with van der Waals surface area (Å²) in [5.74, 6) is 2.11. The number of rotatable bonds is 11. The number of nitrogens with zero attached hydrogens (tertiary/aromatic N) is 2. The van der Waals surface area contributed by atoms with Crippen molar-refractivity contribution in [2.24, 2.45) is 5.92 Å². The number of hydrogen-bond acceptors (Lipinski definition) is 9. The molecule has 2 aromatic rings. The van der Waals surface area contributed by atoms with E-state index < -0.39 is 6.10 Å². The summed E-state index contributed by atoms with van der Waals surface area (Å²) in [6.07, 6.45) is 1.11. The van der Waals surface area contributed by atoms with Crippen LogP contribution in [-0.4, -0.2) is 47.3 Å². The van der Waals surface area contributed by atoms with Crippen LogP contribution in [0.2, 0.25) is 0 Å². The molecule has 0 amide bonds. The Morgan fingerprint density at radius 3 is 2.87 bits per heavy atom. The minimum Gasteiger partial charge on any atom is -0.463 e. The lowest BCUT2D eigenvalue weighted by Crippen LogP contribution is -2.36. The summed E-state index contributed by atoms with van der Waals surface area (Å²) in [5, 5.41) is 17.5. The summed E-state index contributed by atoms with van der Waals surface area (Å²) in [7, 11) is 0. The predicted octanol–water partition coefficient (Wildman–Crippen LogP) is 2.85. The fourth-order valence-corrected chi connectivity index (χ4v) is 3.07. The molecule has 3 rings (SSSR count). The van der Waals surface area contributed by atoms with Gasteiger partial charge in [-0.2, -0.15) is 4.98 Å². The second-order valence-electron chi connectivity index (χ2n) is 7.38. The van der Waals surface area contributed by atoms with Crippen molar-refractivity contribution >= 4 is 5.97 Å². The lowest BCUT2D eigenvalue weighted by atomic mass is 9.99. The van der Waals surface area contributed by atoms with Crippen LogP contribution < -0.4 is 14.8 Å². The zero-order valence-corrected chi connectivity index (χ0v) is 17.6. The topological polar surface area (TPSA) is 116 Å². The largest absolute Gasteiger partial charge is 0.463 e. The number of aromatic nitrogens is 2. The minimum absolute atomic E-state index is 0.0503. The van der Waals surface area contributed by atoms with Gasteiger partial charge in [-0.25, -0.2) is 0 Å². The van der Waals surface area contributed by atoms with E-state index in [0.717, 1.165) is 12.0 Å². The lowest BCUT2D eigenvalue weighted by molar-refractivity contribution is -0.146. The van der Waals surface area contributed by atoms with Gasteiger partial charge < -0.3 is 29.2 Å². The Balaban J connectivity index is 1.64. The summed E-state index contributed by atoms with van der Waals surface area (Å²) in [6.45, 7) is 6.42. The molecule has 9 nitrogen and oxygen atoms in total. The maximum Gasteiger partial charge on any atom is 0.305 e. The molecule has 0 aliphatic carbocycles. The Kier molecular flexibility index (Phi) is 7.64. The molecule has 0 bridgehead atoms. The van der Waals surface area contributed by atoms with Crippen molar-refractivity contribution in [3.63, 3.8) is 0 Å². The normalized spacial score (nSPS) is 15.6. The molecule has 1 aromatic heterocycles. The quantitative estimate of drug-likeness (QED) is 0.530. The Bertz CT molecular complexity index is 840. The first-order valence-electron chi connectivity index (χ1n) is 10.3. The molecule has 164 valence electrons. The van der Waals surface area contributed by atoms with Crippen LogP contribution in [0.25, 0.3) is 11.4 Å². The van der Waals surface area contributed by atoms with Crippen molar-refractivity contribution < 1.29 is 28.6 Å². The van der Waals surface area contributed by atoms with Crippen molar-refractivity contribution in [3.8, 4) is 22.9 Å². The van der Waals surface area contributed by atoms with E-state index in [4.69, 9.17) is 18.7 Å². The van der Waals surface area contributed by atoms with Crippen molar-refractivity contribution in [2.75, 3.05) is 19.9 Å². The van der Waals surface area contributed by atoms with Crippen molar-refractivity contribution in [3.05, 3.63) is 24.1 Å². The summed E-state index contributed by atoms with van der Waals surface area (Å²) >= 11 is 0. The highest BCUT2D eigenvalue weighted by atomic mass is 16.7. The first-order chi connectivity index (χ1) is 14.5. The first kappa shape index (κ1) is 22.0. The molecule has 2 N–H and O–H groups in total. The number of fused-ring (bicyclic) bond motifs is 1. The molecule has 30 heavy (non-hydrogen) atoms. The van der Waals surface area contributed by atoms with E-state index >= 15 is 0 Å². The number of nitrogens with one attached hydrogen (secondary N) is 1. The Morgan fingerprint density at radius 2 is 2.10 bits per heavy atom. The summed E-state index contributed by atoms with van der Waals surface area (Å²) < 4.78 is 21.3. The number of esters is 1. The number of hydrogen-bond donors (Lipinski definition) is 2. The SMILES string of the molecule is CCCC(=O)OCC(O)CNC(c1nc(-c2ccc3c(c2)OCO3)no1)C(C)CC. The minimum atomic E-state index is -0.825. The second-order valence-corrected chi connectivity index (χ2v) is 7.38. The van der Waals surface area contributed by atoms with Crippen LogP contribution in [0.15, 0.2) is 22.7 Å². The number of benzene rings is 1. The summed E-state index contributed by atoms with van der Waals surface area (Å²) in [4.78, 5) is 16.0. The second kappa shape index (κ2) is 10.4. The molecule has 1 aliphatic rings. The van der Waals surface area contributed by atoms with Gasteiger partial charge in [0, 0.05) is 18.5 Å². The summed E-state index contributed by atoms with van der Waals surface area (Å²) in [6, 6.07) is 5.24. The zero-order valence-electron chi connectivity index (χ0n) is 17.6. The van der Waals surface area contributed by atoms with E-state index in [0.29, 0.717) is 36.1 Å². The Labute approximate surface area is 175 Å². The molecule has 1 aliphatic heterocycles. The van der Waals surface area contributed by atoms with Gasteiger partial charge in [-0.1, -0.05) is 32.3 Å². The van der Waals surface area contributed by atoms with E-state index in [1.807, 2.05) is 25.1 Å². The van der Waals surface area contributed by atoms with Gasteiger partial charge in [-0.15, -0.1) is 0 Å². The molecular weight excluding hydrogens is 390 g/mol. The highest BCUT2D eigenvalue weighted by Gasteiger charge is 2.26. The molecule has 0 radical (unpaired) electrons. The van der Waals surface area contributed by atoms with Crippen LogP contribution in [0.3, 0.4) is 0 Å². The van der Waals surface area contributed by atoms with Gasteiger partial charge in [0.25, 0.3) is 0 Å². The molecule has 0 fully saturated rings. The van der Waals surface area contributed by atoms with Crippen LogP contribution >= 0.6 is 0 Å². The number of aliphatic hydroxyl groups excluding tert-OH is 1. The van der Waals surface area contributed by atoms with Crippen LogP contribution in [-0.2, 0) is 9.53 Å². The van der Waals surface area contributed by atoms with Crippen LogP contribution in [0, 0.1) is 5.92 Å². The fraction of sp³-hybridized carbons (Fsp3) is 0.571. The molecule has 3 unspecified atom stereocenters. The molecule has 9 heteroatoms. The van der Waals surface area contributed by atoms with Gasteiger partial charge >= 0.3 is 5.97 Å². The van der Waals surface area contributed by atoms with Gasteiger partial charge in [0.2, 0.25) is 18.5 Å². The van der Waals surface area contributed by atoms with E-state index in [1.54, 1.807) is 0 Å². The highest BCUT2D eigenvalue weighted by Crippen LogP contribution is 2.35. The first-order valence-corrected chi connectivity index (χ1v) is 10.3. The number of ether oxygens (including phenoxy) is 3. The number of carbonyl (C=O) groups excluding carboxylic acids is 1. The van der Waals surface area contributed by atoms with Crippen molar-refractivity contribution in [2.45, 2.75) is 52.2 Å². The van der Waals surface area contributed by atoms with Crippen molar-refractivity contribution in [1.82, 2.24) is 15.5 Å². The summed E-state index contributed by atoms with van der Waals surface area (Å²) in [5.41, 5.74) is 0.764.